The molecule has 5 rings (SSSR count). The number of nitrogens with zero attached hydrogens (tertiary/aromatic N) is 1. The summed E-state index contributed by atoms with van der Waals surface area (Å²) in [6.45, 7) is 6.34. The Kier molecular flexibility index (Phi) is 9.31. The topological polar surface area (TPSA) is 65.1 Å². The Morgan fingerprint density at radius 1 is 0.925 bits per heavy atom. The minimum Gasteiger partial charge on any atom is -0.490 e. The van der Waals surface area contributed by atoms with E-state index in [9.17, 15) is 9.59 Å². The van der Waals surface area contributed by atoms with Crippen molar-refractivity contribution in [1.29, 1.82) is 0 Å². The lowest BCUT2D eigenvalue weighted by atomic mass is 9.71. The molecule has 40 heavy (non-hydrogen) atoms. The fraction of sp³-hybridized carbons (Fsp3) is 0.455. The summed E-state index contributed by atoms with van der Waals surface area (Å²) in [6.07, 6.45) is 5.27. The molecule has 0 bridgehead atoms. The molecular weight excluding hydrogens is 617 g/mol. The third-order valence-electron chi connectivity index (χ3n) is 7.99. The summed E-state index contributed by atoms with van der Waals surface area (Å²) in [5.74, 6) is 1.27. The Hall–Kier alpha value is -2.65. The molecule has 1 heterocycles. The molecule has 3 aliphatic rings. The van der Waals surface area contributed by atoms with Gasteiger partial charge >= 0.3 is 0 Å². The summed E-state index contributed by atoms with van der Waals surface area (Å²) in [5, 5.41) is 0. The van der Waals surface area contributed by atoms with Crippen LogP contribution < -0.4 is 9.47 Å². The van der Waals surface area contributed by atoms with Crippen LogP contribution in [0.25, 0.3) is 0 Å². The average Bonchev–Trinajstić information content (AvgIpc) is 2.94. The normalized spacial score (nSPS) is 17.8. The number of carbonyl (C=O) groups is 2. The second kappa shape index (κ2) is 12.9. The highest BCUT2D eigenvalue weighted by atomic mass is 127. The van der Waals surface area contributed by atoms with E-state index in [0.29, 0.717) is 44.2 Å². The number of carbonyl (C=O) groups excluding carboxylic acids is 2. The van der Waals surface area contributed by atoms with Crippen LogP contribution in [-0.2, 0) is 20.9 Å². The highest BCUT2D eigenvalue weighted by Crippen LogP contribution is 2.50. The number of hydrogen-bond donors (Lipinski definition) is 0. The molecule has 212 valence electrons. The van der Waals surface area contributed by atoms with Crippen molar-refractivity contribution in [2.75, 3.05) is 26.9 Å². The van der Waals surface area contributed by atoms with E-state index in [1.807, 2.05) is 13.0 Å². The average molecular weight is 656 g/mol. The number of allylic oxidation sites excluding steroid dienone is 4. The van der Waals surface area contributed by atoms with Crippen molar-refractivity contribution in [3.63, 3.8) is 0 Å². The molecule has 0 fully saturated rings. The van der Waals surface area contributed by atoms with Gasteiger partial charge in [0.1, 0.15) is 6.61 Å². The van der Waals surface area contributed by atoms with Gasteiger partial charge in [-0.3, -0.25) is 9.59 Å². The molecule has 0 saturated carbocycles. The highest BCUT2D eigenvalue weighted by Gasteiger charge is 2.43. The van der Waals surface area contributed by atoms with Gasteiger partial charge in [0.25, 0.3) is 0 Å². The molecule has 2 aliphatic carbocycles. The minimum absolute atomic E-state index is 0.153. The number of hydrogen-bond acceptors (Lipinski definition) is 6. The van der Waals surface area contributed by atoms with E-state index in [0.717, 1.165) is 75.9 Å². The van der Waals surface area contributed by atoms with Crippen molar-refractivity contribution < 1.29 is 23.8 Å². The monoisotopic (exact) mass is 655 g/mol. The minimum atomic E-state index is -0.372. The van der Waals surface area contributed by atoms with E-state index in [1.54, 1.807) is 7.11 Å². The zero-order chi connectivity index (χ0) is 28.2. The lowest BCUT2D eigenvalue weighted by Gasteiger charge is -2.44. The van der Waals surface area contributed by atoms with Gasteiger partial charge in [-0.05, 0) is 91.8 Å². The zero-order valence-corrected chi connectivity index (χ0v) is 25.8. The Morgan fingerprint density at radius 3 is 2.17 bits per heavy atom. The number of halogens is 1. The Bertz CT molecular complexity index is 1300. The van der Waals surface area contributed by atoms with Gasteiger partial charge in [-0.2, -0.15) is 0 Å². The van der Waals surface area contributed by atoms with Crippen LogP contribution in [0.1, 0.15) is 74.5 Å². The molecule has 2 aromatic rings. The number of aryl methyl sites for hydroxylation is 1. The smallest absolute Gasteiger partial charge is 0.174 e. The first-order chi connectivity index (χ1) is 19.4. The second-order valence-electron chi connectivity index (χ2n) is 10.7. The predicted octanol–water partition coefficient (Wildman–Crippen LogP) is 7.03. The molecule has 0 saturated heterocycles. The van der Waals surface area contributed by atoms with Crippen molar-refractivity contribution in [2.45, 2.75) is 71.3 Å². The maximum atomic E-state index is 13.6. The highest BCUT2D eigenvalue weighted by molar-refractivity contribution is 14.1. The van der Waals surface area contributed by atoms with Gasteiger partial charge in [0, 0.05) is 61.6 Å². The Labute approximate surface area is 250 Å². The number of rotatable bonds is 10. The van der Waals surface area contributed by atoms with Gasteiger partial charge < -0.3 is 19.1 Å². The van der Waals surface area contributed by atoms with Crippen molar-refractivity contribution in [3.05, 3.63) is 79.2 Å². The first kappa shape index (κ1) is 28.9. The van der Waals surface area contributed by atoms with Crippen LogP contribution in [0.5, 0.6) is 11.5 Å². The molecule has 0 unspecified atom stereocenters. The molecule has 2 aromatic carbocycles. The molecule has 0 amide bonds. The molecule has 6 nitrogen and oxygen atoms in total. The summed E-state index contributed by atoms with van der Waals surface area (Å²) < 4.78 is 18.7. The maximum Gasteiger partial charge on any atom is 0.174 e. The molecule has 0 atom stereocenters. The molecular formula is C33H38INO5. The zero-order valence-electron chi connectivity index (χ0n) is 23.7. The van der Waals surface area contributed by atoms with Crippen LogP contribution in [0.3, 0.4) is 0 Å². The summed E-state index contributed by atoms with van der Waals surface area (Å²) in [6, 6.07) is 12.4. The van der Waals surface area contributed by atoms with Crippen molar-refractivity contribution in [3.8, 4) is 11.5 Å². The van der Waals surface area contributed by atoms with E-state index in [1.165, 1.54) is 5.56 Å². The molecule has 0 aromatic heterocycles. The van der Waals surface area contributed by atoms with Gasteiger partial charge in [-0.25, -0.2) is 0 Å². The van der Waals surface area contributed by atoms with Crippen LogP contribution in [0.15, 0.2) is 58.9 Å². The maximum absolute atomic E-state index is 13.6. The molecule has 7 heteroatoms. The van der Waals surface area contributed by atoms with Crippen LogP contribution >= 0.6 is 22.6 Å². The van der Waals surface area contributed by atoms with Gasteiger partial charge in [0.05, 0.1) is 10.2 Å². The second-order valence-corrected chi connectivity index (χ2v) is 11.9. The molecule has 0 spiro atoms. The van der Waals surface area contributed by atoms with Crippen LogP contribution in [0.4, 0.5) is 0 Å². The number of ether oxygens (including phenoxy) is 3. The van der Waals surface area contributed by atoms with E-state index < -0.39 is 0 Å². The fourth-order valence-corrected chi connectivity index (χ4v) is 6.97. The standard InChI is InChI=1S/C33H38INO5/c1-4-39-29-19-23(18-24(34)33(29)40-20-22-14-12-21(2)13-15-22)30-31-25(8-5-10-27(31)36)35(16-7-17-38-3)26-9-6-11-28(37)32(26)30/h12-15,18-19,30H,4-11,16-17,20H2,1-3H3. The summed E-state index contributed by atoms with van der Waals surface area (Å²) in [5.41, 5.74) is 7.00. The number of methoxy groups -OCH3 is 1. The fourth-order valence-electron chi connectivity index (χ4n) is 6.18. The van der Waals surface area contributed by atoms with E-state index >= 15 is 0 Å². The van der Waals surface area contributed by atoms with Crippen LogP contribution in [-0.4, -0.2) is 43.3 Å². The lowest BCUT2D eigenvalue weighted by Crippen LogP contribution is -2.39. The van der Waals surface area contributed by atoms with E-state index in [-0.39, 0.29) is 17.5 Å². The van der Waals surface area contributed by atoms with Crippen molar-refractivity contribution in [1.82, 2.24) is 4.90 Å². The number of ketones is 2. The Balaban J connectivity index is 1.58. The summed E-state index contributed by atoms with van der Waals surface area (Å²) in [4.78, 5) is 29.5. The first-order valence-electron chi connectivity index (χ1n) is 14.4. The SMILES string of the molecule is CCOc1cc(C2C3=C(CCCC3=O)N(CCCOC)C3=C2C(=O)CCC3)cc(I)c1OCc1ccc(C)cc1. The number of Topliss-reactive ketones (excluding diaryl/α,β-unsaturated/α-hetero) is 2. The largest absolute Gasteiger partial charge is 0.490 e. The summed E-state index contributed by atoms with van der Waals surface area (Å²) >= 11 is 2.30. The predicted molar refractivity (Wildman–Crippen MR) is 164 cm³/mol. The van der Waals surface area contributed by atoms with E-state index in [2.05, 4.69) is 64.7 Å². The number of benzene rings is 2. The third-order valence-corrected chi connectivity index (χ3v) is 8.79. The molecule has 1 aliphatic heterocycles. The first-order valence-corrected chi connectivity index (χ1v) is 15.4. The molecule has 0 N–H and O–H groups in total. The van der Waals surface area contributed by atoms with Crippen molar-refractivity contribution >= 4 is 34.2 Å². The Morgan fingerprint density at radius 2 is 1.57 bits per heavy atom. The van der Waals surface area contributed by atoms with Gasteiger partial charge in [0.2, 0.25) is 0 Å². The quantitative estimate of drug-likeness (QED) is 0.203. The van der Waals surface area contributed by atoms with Gasteiger partial charge in [-0.15, -0.1) is 0 Å². The van der Waals surface area contributed by atoms with Gasteiger partial charge in [0.15, 0.2) is 23.1 Å². The lowest BCUT2D eigenvalue weighted by molar-refractivity contribution is -0.117. The van der Waals surface area contributed by atoms with Crippen LogP contribution in [0, 0.1) is 10.5 Å². The van der Waals surface area contributed by atoms with Crippen LogP contribution in [0.2, 0.25) is 0 Å². The third kappa shape index (κ3) is 5.86. The van der Waals surface area contributed by atoms with Crippen molar-refractivity contribution in [2.24, 2.45) is 0 Å². The molecule has 0 radical (unpaired) electrons. The summed E-state index contributed by atoms with van der Waals surface area (Å²) in [7, 11) is 1.71. The van der Waals surface area contributed by atoms with E-state index in [4.69, 9.17) is 14.2 Å². The van der Waals surface area contributed by atoms with Gasteiger partial charge in [-0.1, -0.05) is 29.8 Å².